The van der Waals surface area contributed by atoms with Gasteiger partial charge >= 0.3 is 5.97 Å². The lowest BCUT2D eigenvalue weighted by Crippen LogP contribution is -2.50. The molecule has 11 nitrogen and oxygen atoms in total. The van der Waals surface area contributed by atoms with Crippen molar-refractivity contribution in [3.05, 3.63) is 83.8 Å². The second kappa shape index (κ2) is 11.9. The van der Waals surface area contributed by atoms with Crippen LogP contribution in [0.25, 0.3) is 10.9 Å². The molecule has 2 N–H and O–H groups in total. The second-order valence-electron chi connectivity index (χ2n) is 9.66. The van der Waals surface area contributed by atoms with E-state index < -0.39 is 22.0 Å². The number of ether oxygens (including phenoxy) is 2. The lowest BCUT2D eigenvalue weighted by molar-refractivity contribution is -0.143. The molecule has 2 aromatic heterocycles. The number of H-pyrrole nitrogens is 1. The molecule has 12 heteroatoms. The topological polar surface area (TPSA) is 147 Å². The number of fused-ring (bicyclic) bond motifs is 2. The van der Waals surface area contributed by atoms with Gasteiger partial charge in [-0.05, 0) is 66.4 Å². The fraction of sp³-hybridized carbons (Fsp3) is 0.276. The van der Waals surface area contributed by atoms with Crippen molar-refractivity contribution in [3.63, 3.8) is 0 Å². The maximum atomic E-state index is 13.9. The maximum Gasteiger partial charge on any atom is 0.343 e. The molecule has 0 fully saturated rings. The van der Waals surface area contributed by atoms with Crippen molar-refractivity contribution in [2.75, 3.05) is 20.3 Å². The summed E-state index contributed by atoms with van der Waals surface area (Å²) in [6.45, 7) is 0.747. The number of nitriles is 1. The molecule has 4 aromatic rings. The summed E-state index contributed by atoms with van der Waals surface area (Å²) in [5, 5.41) is 9.92. The van der Waals surface area contributed by atoms with Crippen LogP contribution in [0.15, 0.2) is 71.9 Å². The van der Waals surface area contributed by atoms with Gasteiger partial charge in [0.1, 0.15) is 23.6 Å². The molecule has 41 heavy (non-hydrogen) atoms. The second-order valence-corrected chi connectivity index (χ2v) is 11.3. The molecule has 212 valence electrons. The molecule has 1 unspecified atom stereocenters. The Labute approximate surface area is 237 Å². The highest BCUT2D eigenvalue weighted by atomic mass is 32.2. The zero-order valence-corrected chi connectivity index (χ0v) is 23.2. The Bertz CT molecular complexity index is 1740. The molecule has 1 aliphatic heterocycles. The molecular formula is C29H29N5O6S. The molecule has 0 saturated heterocycles. The number of nitrogens with one attached hydrogen (secondary N) is 2. The Balaban J connectivity index is 1.37. The van der Waals surface area contributed by atoms with E-state index in [2.05, 4.69) is 20.5 Å². The van der Waals surface area contributed by atoms with Crippen LogP contribution in [0, 0.1) is 11.3 Å². The zero-order chi connectivity index (χ0) is 29.0. The number of aromatic nitrogens is 2. The number of methoxy groups -OCH3 is 1. The van der Waals surface area contributed by atoms with Gasteiger partial charge in [-0.15, -0.1) is 0 Å². The smallest absolute Gasteiger partial charge is 0.343 e. The van der Waals surface area contributed by atoms with Crippen molar-refractivity contribution in [1.29, 1.82) is 5.26 Å². The van der Waals surface area contributed by atoms with Crippen molar-refractivity contribution in [2.24, 2.45) is 0 Å². The van der Waals surface area contributed by atoms with Crippen LogP contribution in [0.5, 0.6) is 5.75 Å². The average Bonchev–Trinajstić information content (AvgIpc) is 3.66. The van der Waals surface area contributed by atoms with Crippen molar-refractivity contribution in [1.82, 2.24) is 19.2 Å². The van der Waals surface area contributed by atoms with Gasteiger partial charge < -0.3 is 23.9 Å². The fourth-order valence-electron chi connectivity index (χ4n) is 4.98. The van der Waals surface area contributed by atoms with Crippen LogP contribution in [0.2, 0.25) is 0 Å². The highest BCUT2D eigenvalue weighted by Gasteiger charge is 2.32. The molecule has 1 amide bonds. The standard InChI is InChI=1S/C29H29N5O6S/c1-39-28(35)19-40-23-8-7-21-18-34(14-10-20(21)16-23)29(36)26(11-15-33-13-3-4-22(33)17-30)32-41(37,38)27-6-2-5-25-24(27)9-12-31-25/h2-9,12-13,16,26,31-32H,10-11,14-15,18-19H2,1H3. The number of rotatable bonds is 10. The maximum absolute atomic E-state index is 13.9. The van der Waals surface area contributed by atoms with Gasteiger partial charge in [-0.2, -0.15) is 9.98 Å². The molecule has 0 spiro atoms. The third-order valence-electron chi connectivity index (χ3n) is 7.13. The molecule has 0 bridgehead atoms. The summed E-state index contributed by atoms with van der Waals surface area (Å²) in [5.41, 5.74) is 2.99. The summed E-state index contributed by atoms with van der Waals surface area (Å²) in [7, 11) is -2.78. The lowest BCUT2D eigenvalue weighted by atomic mass is 9.98. The number of esters is 1. The fourth-order valence-corrected chi connectivity index (χ4v) is 6.43. The number of hydrogen-bond acceptors (Lipinski definition) is 7. The van der Waals surface area contributed by atoms with Gasteiger partial charge in [0.25, 0.3) is 0 Å². The third kappa shape index (κ3) is 6.11. The molecule has 0 radical (unpaired) electrons. The first kappa shape index (κ1) is 27.9. The normalized spacial score (nSPS) is 13.8. The molecule has 3 heterocycles. The predicted molar refractivity (Wildman–Crippen MR) is 149 cm³/mol. The van der Waals surface area contributed by atoms with Crippen LogP contribution < -0.4 is 9.46 Å². The van der Waals surface area contributed by atoms with E-state index >= 15 is 0 Å². The van der Waals surface area contributed by atoms with E-state index in [-0.39, 0.29) is 30.4 Å². The minimum atomic E-state index is -4.07. The first-order valence-electron chi connectivity index (χ1n) is 13.0. The molecule has 2 aromatic carbocycles. The Morgan fingerprint density at radius 3 is 2.80 bits per heavy atom. The molecule has 0 saturated carbocycles. The van der Waals surface area contributed by atoms with Gasteiger partial charge in [0.2, 0.25) is 15.9 Å². The number of nitrogens with zero attached hydrogens (tertiary/aromatic N) is 3. The first-order valence-corrected chi connectivity index (χ1v) is 14.5. The minimum Gasteiger partial charge on any atom is -0.482 e. The monoisotopic (exact) mass is 575 g/mol. The minimum absolute atomic E-state index is 0.0798. The van der Waals surface area contributed by atoms with Crippen LogP contribution in [0.1, 0.15) is 23.2 Å². The third-order valence-corrected chi connectivity index (χ3v) is 8.66. The number of aryl methyl sites for hydroxylation is 1. The number of hydrogen-bond donors (Lipinski definition) is 2. The summed E-state index contributed by atoms with van der Waals surface area (Å²) in [5.74, 6) is -0.307. The Morgan fingerprint density at radius 1 is 1.15 bits per heavy atom. The van der Waals surface area contributed by atoms with Crippen LogP contribution in [0.4, 0.5) is 0 Å². The molecule has 1 atom stereocenters. The molecule has 1 aliphatic rings. The number of carbonyl (C=O) groups is 2. The van der Waals surface area contributed by atoms with E-state index in [0.717, 1.165) is 11.1 Å². The zero-order valence-electron chi connectivity index (χ0n) is 22.4. The average molecular weight is 576 g/mol. The predicted octanol–water partition coefficient (Wildman–Crippen LogP) is 2.71. The Hall–Kier alpha value is -4.60. The van der Waals surface area contributed by atoms with E-state index in [4.69, 9.17) is 4.74 Å². The highest BCUT2D eigenvalue weighted by molar-refractivity contribution is 7.89. The van der Waals surface area contributed by atoms with E-state index in [9.17, 15) is 23.3 Å². The number of aromatic amines is 1. The molecule has 0 aliphatic carbocycles. The SMILES string of the molecule is COC(=O)COc1ccc2c(c1)CCN(C(=O)C(CCn1cccc1C#N)NS(=O)(=O)c1cccc3[nH]ccc13)C2. The summed E-state index contributed by atoms with van der Waals surface area (Å²) < 4.78 is 41.6. The largest absolute Gasteiger partial charge is 0.482 e. The van der Waals surface area contributed by atoms with Gasteiger partial charge in [0, 0.05) is 42.9 Å². The number of sulfonamides is 1. The van der Waals surface area contributed by atoms with Crippen LogP contribution in [-0.4, -0.2) is 61.0 Å². The van der Waals surface area contributed by atoms with Crippen molar-refractivity contribution in [3.8, 4) is 11.8 Å². The van der Waals surface area contributed by atoms with Gasteiger partial charge in [-0.1, -0.05) is 12.1 Å². The van der Waals surface area contributed by atoms with E-state index in [1.54, 1.807) is 58.3 Å². The van der Waals surface area contributed by atoms with Gasteiger partial charge in [0.15, 0.2) is 6.61 Å². The van der Waals surface area contributed by atoms with Crippen LogP contribution >= 0.6 is 0 Å². The van der Waals surface area contributed by atoms with Gasteiger partial charge in [0.05, 0.1) is 12.0 Å². The molecular weight excluding hydrogens is 546 g/mol. The van der Waals surface area contributed by atoms with Crippen LogP contribution in [0.3, 0.4) is 0 Å². The summed E-state index contributed by atoms with van der Waals surface area (Å²) in [4.78, 5) is 30.0. The molecule has 5 rings (SSSR count). The first-order chi connectivity index (χ1) is 19.8. The Kier molecular flexibility index (Phi) is 8.09. The lowest BCUT2D eigenvalue weighted by Gasteiger charge is -2.32. The number of amides is 1. The van der Waals surface area contributed by atoms with E-state index in [1.807, 2.05) is 12.1 Å². The van der Waals surface area contributed by atoms with Gasteiger partial charge in [-0.25, -0.2) is 13.2 Å². The van der Waals surface area contributed by atoms with Crippen molar-refractivity contribution < 1.29 is 27.5 Å². The quantitative estimate of drug-likeness (QED) is 0.277. The van der Waals surface area contributed by atoms with Crippen molar-refractivity contribution in [2.45, 2.75) is 36.9 Å². The highest BCUT2D eigenvalue weighted by Crippen LogP contribution is 2.26. The summed E-state index contributed by atoms with van der Waals surface area (Å²) in [6, 6.07) is 16.5. The van der Waals surface area contributed by atoms with Crippen LogP contribution in [-0.2, 0) is 43.9 Å². The summed E-state index contributed by atoms with van der Waals surface area (Å²) in [6.07, 6.45) is 4.08. The van der Waals surface area contributed by atoms with Crippen molar-refractivity contribution >= 4 is 32.8 Å². The van der Waals surface area contributed by atoms with Gasteiger partial charge in [-0.3, -0.25) is 4.79 Å². The van der Waals surface area contributed by atoms with E-state index in [0.29, 0.717) is 41.9 Å². The number of benzene rings is 2. The summed E-state index contributed by atoms with van der Waals surface area (Å²) >= 11 is 0. The van der Waals surface area contributed by atoms with E-state index in [1.165, 1.54) is 13.2 Å². The Morgan fingerprint density at radius 2 is 2.00 bits per heavy atom. The number of carbonyl (C=O) groups excluding carboxylic acids is 2.